The standard InChI is InChI=1S/C39H21F3N4OS/c1-20-43-37(39(40,41)42)45-38(44-20)46-31-14-21-8-2-3-9-22(21)15-33(31)47-34-17-30-29-16-27-25-12-6-4-10-23(25)24-11-5-7-13-26(24)28(27)18-35(29)48-36(30)19-32(34)46/h2-19H,1H3. The van der Waals surface area contributed by atoms with Crippen molar-refractivity contribution in [3.05, 3.63) is 121 Å². The van der Waals surface area contributed by atoms with Crippen molar-refractivity contribution in [1.82, 2.24) is 15.0 Å². The van der Waals surface area contributed by atoms with Crippen LogP contribution < -0.4 is 9.64 Å². The number of nitrogens with zero attached hydrogens (tertiary/aromatic N) is 4. The highest BCUT2D eigenvalue weighted by Gasteiger charge is 2.37. The molecule has 0 fully saturated rings. The van der Waals surface area contributed by atoms with E-state index < -0.39 is 12.0 Å². The first-order valence-corrected chi connectivity index (χ1v) is 16.2. The zero-order valence-corrected chi connectivity index (χ0v) is 25.9. The maximum atomic E-state index is 14.0. The topological polar surface area (TPSA) is 51.1 Å². The minimum Gasteiger partial charge on any atom is -0.453 e. The van der Waals surface area contributed by atoms with Crippen LogP contribution >= 0.6 is 11.3 Å². The fourth-order valence-corrected chi connectivity index (χ4v) is 8.21. The highest BCUT2D eigenvalue weighted by atomic mass is 32.1. The van der Waals surface area contributed by atoms with E-state index in [1.165, 1.54) is 33.9 Å². The Hall–Kier alpha value is -5.80. The lowest BCUT2D eigenvalue weighted by Gasteiger charge is -2.32. The van der Waals surface area contributed by atoms with Crippen molar-refractivity contribution in [2.24, 2.45) is 0 Å². The monoisotopic (exact) mass is 650 g/mol. The molecule has 9 aromatic rings. The van der Waals surface area contributed by atoms with Crippen LogP contribution in [0.5, 0.6) is 11.5 Å². The third-order valence-electron chi connectivity index (χ3n) is 9.13. The van der Waals surface area contributed by atoms with Gasteiger partial charge in [-0.15, -0.1) is 11.3 Å². The van der Waals surface area contributed by atoms with Gasteiger partial charge in [0.1, 0.15) is 5.82 Å². The molecule has 0 bridgehead atoms. The van der Waals surface area contributed by atoms with Gasteiger partial charge < -0.3 is 4.74 Å². The van der Waals surface area contributed by atoms with E-state index in [9.17, 15) is 13.2 Å². The van der Waals surface area contributed by atoms with E-state index in [0.29, 0.717) is 22.9 Å². The van der Waals surface area contributed by atoms with E-state index in [1.54, 1.807) is 16.2 Å². The Labute approximate surface area is 274 Å². The molecule has 1 aliphatic rings. The van der Waals surface area contributed by atoms with Gasteiger partial charge in [0.25, 0.3) is 0 Å². The third-order valence-corrected chi connectivity index (χ3v) is 10.2. The first-order valence-electron chi connectivity index (χ1n) is 15.3. The minimum atomic E-state index is -4.74. The molecule has 0 N–H and O–H groups in total. The van der Waals surface area contributed by atoms with E-state index in [0.717, 1.165) is 36.3 Å². The number of hydrogen-bond donors (Lipinski definition) is 0. The lowest BCUT2D eigenvalue weighted by molar-refractivity contribution is -0.145. The normalized spacial score (nSPS) is 13.1. The van der Waals surface area contributed by atoms with Crippen LogP contribution in [0.15, 0.2) is 109 Å². The molecule has 0 saturated heterocycles. The first kappa shape index (κ1) is 27.3. The fraction of sp³-hybridized carbons (Fsp3) is 0.0513. The summed E-state index contributed by atoms with van der Waals surface area (Å²) in [5.74, 6) is -0.402. The van der Waals surface area contributed by atoms with Gasteiger partial charge in [0.05, 0.1) is 11.4 Å². The lowest BCUT2D eigenvalue weighted by Crippen LogP contribution is -2.22. The Kier molecular flexibility index (Phi) is 5.48. The third kappa shape index (κ3) is 3.94. The Balaban J connectivity index is 1.27. The predicted molar refractivity (Wildman–Crippen MR) is 187 cm³/mol. The van der Waals surface area contributed by atoms with Gasteiger partial charge in [-0.05, 0) is 86.4 Å². The molecule has 48 heavy (non-hydrogen) atoms. The molecule has 0 spiro atoms. The number of aromatic nitrogens is 3. The van der Waals surface area contributed by atoms with Crippen LogP contribution in [-0.2, 0) is 6.18 Å². The second kappa shape index (κ2) is 9.62. The second-order valence-corrected chi connectivity index (χ2v) is 13.1. The number of aryl methyl sites for hydroxylation is 1. The van der Waals surface area contributed by atoms with Crippen molar-refractivity contribution in [2.45, 2.75) is 13.1 Å². The molecule has 1 aliphatic heterocycles. The molecule has 2 aromatic heterocycles. The molecule has 0 atom stereocenters. The van der Waals surface area contributed by atoms with Crippen LogP contribution in [0.25, 0.3) is 63.3 Å². The second-order valence-electron chi connectivity index (χ2n) is 12.0. The van der Waals surface area contributed by atoms with Crippen LogP contribution in [-0.4, -0.2) is 15.0 Å². The molecule has 0 unspecified atom stereocenters. The number of ether oxygens (including phenoxy) is 1. The molecule has 0 radical (unpaired) electrons. The predicted octanol–water partition coefficient (Wildman–Crippen LogP) is 11.8. The van der Waals surface area contributed by atoms with Gasteiger partial charge in [0.2, 0.25) is 11.8 Å². The van der Waals surface area contributed by atoms with Crippen LogP contribution in [0, 0.1) is 6.92 Å². The van der Waals surface area contributed by atoms with Gasteiger partial charge >= 0.3 is 6.18 Å². The molecule has 230 valence electrons. The van der Waals surface area contributed by atoms with Crippen LogP contribution in [0.1, 0.15) is 11.6 Å². The van der Waals surface area contributed by atoms with Gasteiger partial charge in [-0.25, -0.2) is 4.98 Å². The SMILES string of the molecule is Cc1nc(N2c3cc4ccccc4cc3Oc3cc4c(cc32)sc2cc3c5ccccc5c5ccccc5c3cc24)nc(C(F)(F)F)n1. The summed E-state index contributed by atoms with van der Waals surface area (Å²) in [5, 5.41) is 11.0. The summed E-state index contributed by atoms with van der Waals surface area (Å²) in [5.41, 5.74) is 1.10. The fourth-order valence-electron chi connectivity index (χ4n) is 7.07. The minimum absolute atomic E-state index is 0.0308. The summed E-state index contributed by atoms with van der Waals surface area (Å²) >= 11 is 1.64. The summed E-state index contributed by atoms with van der Waals surface area (Å²) in [4.78, 5) is 13.6. The van der Waals surface area contributed by atoms with Gasteiger partial charge in [0, 0.05) is 20.2 Å². The van der Waals surface area contributed by atoms with Crippen LogP contribution in [0.4, 0.5) is 30.5 Å². The number of hydrogen-bond acceptors (Lipinski definition) is 6. The molecule has 9 heteroatoms. The summed E-state index contributed by atoms with van der Waals surface area (Å²) in [6.07, 6.45) is -4.74. The van der Waals surface area contributed by atoms with Gasteiger partial charge in [-0.3, -0.25) is 4.90 Å². The number of alkyl halides is 3. The molecular weight excluding hydrogens is 630 g/mol. The summed E-state index contributed by atoms with van der Waals surface area (Å²) < 4.78 is 50.5. The Morgan fingerprint density at radius 1 is 0.562 bits per heavy atom. The summed E-state index contributed by atoms with van der Waals surface area (Å²) in [6.45, 7) is 1.44. The number of anilines is 3. The highest BCUT2D eigenvalue weighted by molar-refractivity contribution is 7.26. The smallest absolute Gasteiger partial charge is 0.451 e. The quantitative estimate of drug-likeness (QED) is 0.166. The molecule has 0 saturated carbocycles. The number of fused-ring (bicyclic) bond motifs is 12. The lowest BCUT2D eigenvalue weighted by atomic mass is 9.93. The molecule has 7 aromatic carbocycles. The maximum Gasteiger partial charge on any atom is 0.451 e. The van der Waals surface area contributed by atoms with Crippen molar-refractivity contribution in [3.63, 3.8) is 0 Å². The number of thiophene rings is 1. The van der Waals surface area contributed by atoms with Crippen LogP contribution in [0.2, 0.25) is 0 Å². The van der Waals surface area contributed by atoms with E-state index in [2.05, 4.69) is 75.6 Å². The number of rotatable bonds is 1. The first-order chi connectivity index (χ1) is 23.3. The number of benzene rings is 7. The van der Waals surface area contributed by atoms with Gasteiger partial charge in [-0.1, -0.05) is 72.8 Å². The zero-order valence-electron chi connectivity index (χ0n) is 25.1. The van der Waals surface area contributed by atoms with E-state index >= 15 is 0 Å². The number of halogens is 3. The molecule has 5 nitrogen and oxygen atoms in total. The highest BCUT2D eigenvalue weighted by Crippen LogP contribution is 2.54. The average Bonchev–Trinajstić information content (AvgIpc) is 3.43. The van der Waals surface area contributed by atoms with Crippen molar-refractivity contribution in [3.8, 4) is 11.5 Å². The van der Waals surface area contributed by atoms with Crippen LogP contribution in [0.3, 0.4) is 0 Å². The van der Waals surface area contributed by atoms with Gasteiger partial charge in [-0.2, -0.15) is 23.1 Å². The Morgan fingerprint density at radius 2 is 1.10 bits per heavy atom. The van der Waals surface area contributed by atoms with E-state index in [1.807, 2.05) is 48.5 Å². The van der Waals surface area contributed by atoms with Crippen molar-refractivity contribution in [2.75, 3.05) is 4.90 Å². The maximum absolute atomic E-state index is 14.0. The Bertz CT molecular complexity index is 2850. The average molecular weight is 651 g/mol. The summed E-state index contributed by atoms with van der Waals surface area (Å²) in [6, 6.07) is 37.0. The molecular formula is C39H21F3N4OS. The van der Waals surface area contributed by atoms with Crippen molar-refractivity contribution in [1.29, 1.82) is 0 Å². The van der Waals surface area contributed by atoms with Crippen molar-refractivity contribution < 1.29 is 17.9 Å². The molecule has 0 amide bonds. The zero-order chi connectivity index (χ0) is 32.3. The van der Waals surface area contributed by atoms with E-state index in [-0.39, 0.29) is 11.8 Å². The van der Waals surface area contributed by atoms with E-state index in [4.69, 9.17) is 4.74 Å². The van der Waals surface area contributed by atoms with Crippen molar-refractivity contribution >= 4 is 91.9 Å². The molecule has 3 heterocycles. The molecule has 0 aliphatic carbocycles. The van der Waals surface area contributed by atoms with Gasteiger partial charge in [0.15, 0.2) is 11.5 Å². The largest absolute Gasteiger partial charge is 0.453 e. The molecule has 10 rings (SSSR count). The summed E-state index contributed by atoms with van der Waals surface area (Å²) in [7, 11) is 0. The Morgan fingerprint density at radius 3 is 1.79 bits per heavy atom.